The Morgan fingerprint density at radius 2 is 1.64 bits per heavy atom. The lowest BCUT2D eigenvalue weighted by Crippen LogP contribution is -2.21. The number of amides is 1. The fraction of sp³-hybridized carbons (Fsp3) is 0.889. The SMILES string of the molecule is CC1(C(=O)NBr)CC1.CC1(N)CC1.Cl. The van der Waals surface area contributed by atoms with E-state index in [1.54, 1.807) is 0 Å². The fourth-order valence-corrected chi connectivity index (χ4v) is 1.20. The van der Waals surface area contributed by atoms with Crippen molar-refractivity contribution in [2.45, 2.75) is 45.1 Å². The monoisotopic (exact) mass is 284 g/mol. The first-order valence-electron chi connectivity index (χ1n) is 4.60. The summed E-state index contributed by atoms with van der Waals surface area (Å²) in [7, 11) is 0. The molecule has 2 aliphatic carbocycles. The lowest BCUT2D eigenvalue weighted by Gasteiger charge is -2.01. The highest BCUT2D eigenvalue weighted by molar-refractivity contribution is 9.08. The summed E-state index contributed by atoms with van der Waals surface area (Å²) in [5.74, 6) is 0.109. The molecular formula is C9H18BrClN2O. The Morgan fingerprint density at radius 3 is 1.71 bits per heavy atom. The summed E-state index contributed by atoms with van der Waals surface area (Å²) in [6, 6.07) is 0. The molecule has 0 saturated heterocycles. The van der Waals surface area contributed by atoms with Gasteiger partial charge in [-0.3, -0.25) is 9.14 Å². The van der Waals surface area contributed by atoms with Gasteiger partial charge < -0.3 is 5.73 Å². The summed E-state index contributed by atoms with van der Waals surface area (Å²) in [5.41, 5.74) is 5.68. The van der Waals surface area contributed by atoms with Gasteiger partial charge in [-0.15, -0.1) is 12.4 Å². The molecule has 5 heteroatoms. The van der Waals surface area contributed by atoms with Crippen LogP contribution in [0.4, 0.5) is 0 Å². The summed E-state index contributed by atoms with van der Waals surface area (Å²) in [6.45, 7) is 4.04. The van der Waals surface area contributed by atoms with E-state index in [0.29, 0.717) is 0 Å². The molecule has 0 radical (unpaired) electrons. The van der Waals surface area contributed by atoms with Gasteiger partial charge in [0.1, 0.15) is 0 Å². The zero-order chi connectivity index (χ0) is 10.1. The van der Waals surface area contributed by atoms with Crippen LogP contribution < -0.4 is 10.1 Å². The van der Waals surface area contributed by atoms with Crippen molar-refractivity contribution >= 4 is 34.5 Å². The molecule has 0 unspecified atom stereocenters. The Hall–Kier alpha value is 0.200. The van der Waals surface area contributed by atoms with Crippen LogP contribution in [0.5, 0.6) is 0 Å². The third-order valence-corrected chi connectivity index (χ3v) is 3.03. The number of hydrogen-bond donors (Lipinski definition) is 2. The first-order chi connectivity index (χ1) is 5.90. The Morgan fingerprint density at radius 1 is 1.29 bits per heavy atom. The van der Waals surface area contributed by atoms with Crippen LogP contribution in [0.3, 0.4) is 0 Å². The molecule has 2 fully saturated rings. The number of nitrogens with two attached hydrogens (primary N) is 1. The van der Waals surface area contributed by atoms with Crippen LogP contribution in [-0.2, 0) is 4.79 Å². The second-order valence-electron chi connectivity index (χ2n) is 4.64. The molecule has 0 heterocycles. The summed E-state index contributed by atoms with van der Waals surface area (Å²) in [4.78, 5) is 10.7. The first-order valence-corrected chi connectivity index (χ1v) is 5.39. The Balaban J connectivity index is 0.000000246. The van der Waals surface area contributed by atoms with Gasteiger partial charge in [-0.2, -0.15) is 0 Å². The van der Waals surface area contributed by atoms with Crippen LogP contribution in [0.15, 0.2) is 0 Å². The molecule has 2 rings (SSSR count). The van der Waals surface area contributed by atoms with Crippen molar-refractivity contribution in [1.82, 2.24) is 4.34 Å². The molecule has 0 aromatic heterocycles. The molecule has 0 spiro atoms. The van der Waals surface area contributed by atoms with Gasteiger partial charge in [0.15, 0.2) is 0 Å². The average Bonchev–Trinajstić information content (AvgIpc) is 2.94. The minimum atomic E-state index is -0.0382. The first kappa shape index (κ1) is 14.2. The van der Waals surface area contributed by atoms with E-state index >= 15 is 0 Å². The largest absolute Gasteiger partial charge is 0.325 e. The summed E-state index contributed by atoms with van der Waals surface area (Å²) < 4.78 is 2.44. The zero-order valence-electron chi connectivity index (χ0n) is 8.60. The molecule has 3 N–H and O–H groups in total. The van der Waals surface area contributed by atoms with E-state index in [-0.39, 0.29) is 29.3 Å². The predicted molar refractivity (Wildman–Crippen MR) is 63.5 cm³/mol. The van der Waals surface area contributed by atoms with E-state index in [1.807, 2.05) is 6.92 Å². The lowest BCUT2D eigenvalue weighted by molar-refractivity contribution is -0.123. The molecule has 0 bridgehead atoms. The second-order valence-corrected chi connectivity index (χ2v) is 5.03. The van der Waals surface area contributed by atoms with E-state index in [1.165, 1.54) is 12.8 Å². The van der Waals surface area contributed by atoms with E-state index in [9.17, 15) is 4.79 Å². The summed E-state index contributed by atoms with van der Waals surface area (Å²) >= 11 is 2.89. The van der Waals surface area contributed by atoms with Gasteiger partial charge in [-0.25, -0.2) is 0 Å². The molecule has 3 nitrogen and oxygen atoms in total. The number of nitrogens with one attached hydrogen (secondary N) is 1. The van der Waals surface area contributed by atoms with Crippen molar-refractivity contribution in [1.29, 1.82) is 0 Å². The smallest absolute Gasteiger partial charge is 0.235 e. The molecule has 14 heavy (non-hydrogen) atoms. The highest BCUT2D eigenvalue weighted by Gasteiger charge is 2.44. The molecule has 0 atom stereocenters. The molecule has 0 aliphatic heterocycles. The van der Waals surface area contributed by atoms with E-state index < -0.39 is 0 Å². The van der Waals surface area contributed by atoms with E-state index in [0.717, 1.165) is 12.8 Å². The standard InChI is InChI=1S/C5H8BrNO.C4H9N.ClH/c1-5(2-3-5)4(8)7-6;1-4(5)2-3-4;/h2-3H2,1H3,(H,7,8);2-3,5H2,1H3;1H. The van der Waals surface area contributed by atoms with Gasteiger partial charge in [-0.1, -0.05) is 6.92 Å². The quantitative estimate of drug-likeness (QED) is 0.725. The van der Waals surface area contributed by atoms with Gasteiger partial charge in [-0.05, 0) is 32.6 Å². The minimum absolute atomic E-state index is 0. The Labute approximate surface area is 99.9 Å². The summed E-state index contributed by atoms with van der Waals surface area (Å²) in [6.07, 6.45) is 4.52. The molecule has 1 amide bonds. The molecule has 0 aromatic carbocycles. The van der Waals surface area contributed by atoms with Gasteiger partial charge in [0, 0.05) is 27.1 Å². The minimum Gasteiger partial charge on any atom is -0.325 e. The number of carbonyl (C=O) groups excluding carboxylic acids is 1. The van der Waals surface area contributed by atoms with Gasteiger partial charge >= 0.3 is 0 Å². The van der Waals surface area contributed by atoms with Crippen molar-refractivity contribution in [2.75, 3.05) is 0 Å². The molecule has 84 valence electrons. The predicted octanol–water partition coefficient (Wildman–Crippen LogP) is 2.13. The van der Waals surface area contributed by atoms with Gasteiger partial charge in [0.05, 0.1) is 0 Å². The van der Waals surface area contributed by atoms with Crippen LogP contribution in [0.2, 0.25) is 0 Å². The van der Waals surface area contributed by atoms with Crippen LogP contribution in [-0.4, -0.2) is 11.4 Å². The van der Waals surface area contributed by atoms with Gasteiger partial charge in [0.2, 0.25) is 5.91 Å². The van der Waals surface area contributed by atoms with Crippen molar-refractivity contribution in [3.05, 3.63) is 0 Å². The lowest BCUT2D eigenvalue weighted by atomic mass is 10.1. The van der Waals surface area contributed by atoms with Gasteiger partial charge in [0.25, 0.3) is 0 Å². The molecule has 2 saturated carbocycles. The fourth-order valence-electron chi connectivity index (χ4n) is 0.726. The third kappa shape index (κ3) is 4.62. The average molecular weight is 286 g/mol. The summed E-state index contributed by atoms with van der Waals surface area (Å²) in [5, 5.41) is 0. The molecule has 2 aliphatic rings. The number of hydrogen-bond acceptors (Lipinski definition) is 2. The zero-order valence-corrected chi connectivity index (χ0v) is 11.0. The normalized spacial score (nSPS) is 23.4. The maximum atomic E-state index is 10.7. The number of carbonyl (C=O) groups is 1. The van der Waals surface area contributed by atoms with Crippen LogP contribution in [0.25, 0.3) is 0 Å². The van der Waals surface area contributed by atoms with Crippen LogP contribution in [0.1, 0.15) is 39.5 Å². The molecular weight excluding hydrogens is 267 g/mol. The highest BCUT2D eigenvalue weighted by atomic mass is 79.9. The third-order valence-electron chi connectivity index (χ3n) is 2.67. The Kier molecular flexibility index (Phi) is 4.88. The van der Waals surface area contributed by atoms with E-state index in [4.69, 9.17) is 5.73 Å². The van der Waals surface area contributed by atoms with E-state index in [2.05, 4.69) is 27.4 Å². The van der Waals surface area contributed by atoms with Crippen molar-refractivity contribution in [3.8, 4) is 0 Å². The molecule has 0 aromatic rings. The maximum absolute atomic E-state index is 10.7. The number of halogens is 2. The van der Waals surface area contributed by atoms with Crippen molar-refractivity contribution in [2.24, 2.45) is 11.1 Å². The maximum Gasteiger partial charge on any atom is 0.235 e. The topological polar surface area (TPSA) is 55.1 Å². The van der Waals surface area contributed by atoms with Crippen molar-refractivity contribution < 1.29 is 4.79 Å². The Bertz CT molecular complexity index is 211. The second kappa shape index (κ2) is 4.81. The van der Waals surface area contributed by atoms with Crippen LogP contribution in [0, 0.1) is 5.41 Å². The highest BCUT2D eigenvalue weighted by Crippen LogP contribution is 2.45. The van der Waals surface area contributed by atoms with Crippen molar-refractivity contribution in [3.63, 3.8) is 0 Å². The number of rotatable bonds is 1. The van der Waals surface area contributed by atoms with Crippen LogP contribution >= 0.6 is 28.6 Å².